The van der Waals surface area contributed by atoms with E-state index in [0.29, 0.717) is 5.56 Å². The predicted octanol–water partition coefficient (Wildman–Crippen LogP) is -3.52. The fourth-order valence-electron chi connectivity index (χ4n) is 2.21. The van der Waals surface area contributed by atoms with Crippen LogP contribution in [0.5, 0.6) is 5.75 Å². The Morgan fingerprint density at radius 3 is 2.32 bits per heavy atom. The van der Waals surface area contributed by atoms with Gasteiger partial charge < -0.3 is 4.74 Å². The van der Waals surface area contributed by atoms with Crippen LogP contribution in [0.25, 0.3) is 10.8 Å². The summed E-state index contributed by atoms with van der Waals surface area (Å²) in [4.78, 5) is 12.9. The maximum atomic E-state index is 12.2. The maximum absolute atomic E-state index is 12.2. The maximum Gasteiger partial charge on any atom is 0.350 e. The van der Waals surface area contributed by atoms with Crippen molar-refractivity contribution in [3.63, 3.8) is 0 Å². The van der Waals surface area contributed by atoms with Crippen LogP contribution in [-0.2, 0) is 0 Å². The van der Waals surface area contributed by atoms with Crippen LogP contribution in [-0.4, -0.2) is 19.2 Å². The van der Waals surface area contributed by atoms with Gasteiger partial charge in [-0.15, -0.1) is 10.2 Å². The molecule has 0 aliphatic carbocycles. The van der Waals surface area contributed by atoms with E-state index < -0.39 is 10.2 Å². The van der Waals surface area contributed by atoms with Crippen LogP contribution in [0, 0.1) is 10.2 Å². The highest BCUT2D eigenvalue weighted by atomic mass is 35.7. The van der Waals surface area contributed by atoms with Crippen LogP contribution >= 0.6 is 0 Å². The van der Waals surface area contributed by atoms with Gasteiger partial charge in [-0.1, -0.05) is 30.3 Å². The summed E-state index contributed by atoms with van der Waals surface area (Å²) >= 11 is 0. The van der Waals surface area contributed by atoms with E-state index in [1.165, 1.54) is 0 Å². The molecular formula is C14H14ClNO6. The highest BCUT2D eigenvalue weighted by Crippen LogP contribution is 2.31. The first-order valence-corrected chi connectivity index (χ1v) is 7.60. The van der Waals surface area contributed by atoms with E-state index in [2.05, 4.69) is 0 Å². The zero-order valence-electron chi connectivity index (χ0n) is 11.9. The molecule has 0 bridgehead atoms. The van der Waals surface area contributed by atoms with Crippen LogP contribution < -0.4 is 28.3 Å². The molecule has 0 spiro atoms. The monoisotopic (exact) mass is 327 g/mol. The number of rotatable bonds is 0. The van der Waals surface area contributed by atoms with Crippen molar-refractivity contribution in [1.29, 1.82) is 0 Å². The lowest BCUT2D eigenvalue weighted by atomic mass is 10.0. The number of carbonyl (C=O) groups is 1. The molecule has 0 aromatic heterocycles. The van der Waals surface area contributed by atoms with Crippen LogP contribution in [0.3, 0.4) is 0 Å². The lowest BCUT2D eigenvalue weighted by Gasteiger charge is -2.27. The number of nitrogens with one attached hydrogen (secondary N) is 1. The lowest BCUT2D eigenvalue weighted by Crippen LogP contribution is -3.16. The first kappa shape index (κ1) is 16.6. The summed E-state index contributed by atoms with van der Waals surface area (Å²) < 4.78 is 39.8. The molecule has 1 aliphatic rings. The van der Waals surface area contributed by atoms with Crippen LogP contribution in [0.2, 0.25) is 0 Å². The zero-order chi connectivity index (χ0) is 16.5. The van der Waals surface area contributed by atoms with Crippen molar-refractivity contribution in [2.45, 2.75) is 13.2 Å². The number of hydrogen-bond donors (Lipinski definition) is 1. The minimum atomic E-state index is -4.94. The molecule has 0 radical (unpaired) electrons. The minimum absolute atomic E-state index is 0.101. The van der Waals surface area contributed by atoms with Gasteiger partial charge in [0.15, 0.2) is 5.75 Å². The first-order valence-electron chi connectivity index (χ1n) is 6.37. The second-order valence-corrected chi connectivity index (χ2v) is 5.57. The molecule has 1 heterocycles. The molecule has 7 nitrogen and oxygen atoms in total. The molecule has 8 heteroatoms. The van der Waals surface area contributed by atoms with Gasteiger partial charge in [-0.2, -0.15) is 0 Å². The molecule has 2 aromatic rings. The minimum Gasteiger partial charge on any atom is -0.441 e. The number of hydrogen-bond acceptors (Lipinski definition) is 6. The second-order valence-electron chi connectivity index (χ2n) is 4.81. The second kappa shape index (κ2) is 6.17. The van der Waals surface area contributed by atoms with Crippen molar-refractivity contribution in [3.05, 3.63) is 42.0 Å². The molecule has 2 unspecified atom stereocenters. The van der Waals surface area contributed by atoms with Crippen molar-refractivity contribution in [1.82, 2.24) is 0 Å². The van der Waals surface area contributed by atoms with Crippen molar-refractivity contribution in [2.24, 2.45) is 0 Å². The smallest absolute Gasteiger partial charge is 0.350 e. The quantitative estimate of drug-likeness (QED) is 0.535. The van der Waals surface area contributed by atoms with Crippen molar-refractivity contribution in [2.75, 3.05) is 7.05 Å². The average molecular weight is 328 g/mol. The number of carbonyl (C=O) groups excluding carboxylic acids is 1. The summed E-state index contributed by atoms with van der Waals surface area (Å²) in [6.45, 7) is 1.91. The van der Waals surface area contributed by atoms with E-state index in [-0.39, 0.29) is 12.1 Å². The van der Waals surface area contributed by atoms with Gasteiger partial charge in [0.1, 0.15) is 5.56 Å². The molecule has 0 saturated carbocycles. The first-order chi connectivity index (χ1) is 10.2. The third kappa shape index (κ3) is 3.72. The number of ether oxygens (including phenoxy) is 1. The van der Waals surface area contributed by atoms with E-state index >= 15 is 0 Å². The van der Waals surface area contributed by atoms with Gasteiger partial charge in [-0.05, 0) is 11.5 Å². The van der Waals surface area contributed by atoms with Gasteiger partial charge in [-0.25, -0.2) is 28.3 Å². The molecule has 118 valence electrons. The van der Waals surface area contributed by atoms with Crippen molar-refractivity contribution < 1.29 is 43.3 Å². The summed E-state index contributed by atoms with van der Waals surface area (Å²) in [7, 11) is -3.11. The number of benzene rings is 2. The zero-order valence-corrected chi connectivity index (χ0v) is 12.6. The topological polar surface area (TPSA) is 123 Å². The van der Waals surface area contributed by atoms with E-state index in [1.54, 1.807) is 0 Å². The summed E-state index contributed by atoms with van der Waals surface area (Å²) in [5.41, 5.74) is 0.680. The molecule has 1 aliphatic heterocycles. The number of fused-ring (bicyclic) bond motifs is 3. The van der Waals surface area contributed by atoms with Crippen LogP contribution in [0.15, 0.2) is 36.4 Å². The summed E-state index contributed by atoms with van der Waals surface area (Å²) in [5.74, 6) is 0.829. The van der Waals surface area contributed by atoms with E-state index in [9.17, 15) is 4.79 Å². The predicted molar refractivity (Wildman–Crippen MR) is 65.3 cm³/mol. The van der Waals surface area contributed by atoms with Crippen molar-refractivity contribution >= 4 is 16.7 Å². The van der Waals surface area contributed by atoms with Gasteiger partial charge in [0.25, 0.3) is 0 Å². The third-order valence-electron chi connectivity index (χ3n) is 3.39. The van der Waals surface area contributed by atoms with Gasteiger partial charge in [0.05, 0.1) is 7.05 Å². The lowest BCUT2D eigenvalue weighted by molar-refractivity contribution is -2.00. The van der Waals surface area contributed by atoms with Gasteiger partial charge in [-0.3, -0.25) is 0 Å². The molecular weight excluding hydrogens is 314 g/mol. The van der Waals surface area contributed by atoms with Crippen molar-refractivity contribution in [3.8, 4) is 5.75 Å². The Kier molecular flexibility index (Phi) is 4.66. The molecule has 0 fully saturated rings. The van der Waals surface area contributed by atoms with Gasteiger partial charge in [0, 0.05) is 12.3 Å². The Balaban J connectivity index is 0.000000309. The molecule has 1 N–H and O–H groups in total. The Morgan fingerprint density at radius 2 is 1.68 bits per heavy atom. The summed E-state index contributed by atoms with van der Waals surface area (Å²) in [5, 5.41) is 2.11. The fourth-order valence-corrected chi connectivity index (χ4v) is 2.21. The molecule has 1 amide bonds. The van der Waals surface area contributed by atoms with Gasteiger partial charge >= 0.3 is 5.91 Å². The Labute approximate surface area is 128 Å². The Hall–Kier alpha value is -1.74. The largest absolute Gasteiger partial charge is 0.441 e. The molecule has 2 atom stereocenters. The number of amides is 1. The number of quaternary nitrogens is 1. The molecule has 2 aromatic carbocycles. The Bertz CT molecular complexity index is 693. The Morgan fingerprint density at radius 1 is 1.09 bits per heavy atom. The van der Waals surface area contributed by atoms with E-state index in [1.807, 2.05) is 50.4 Å². The summed E-state index contributed by atoms with van der Waals surface area (Å²) in [6.07, 6.45) is -0.138. The fraction of sp³-hybridized carbons (Fsp3) is 0.214. The number of halogens is 1. The molecule has 3 rings (SSSR count). The van der Waals surface area contributed by atoms with Gasteiger partial charge in [0.2, 0.25) is 6.23 Å². The van der Waals surface area contributed by atoms with E-state index in [4.69, 9.17) is 23.4 Å². The van der Waals surface area contributed by atoms with E-state index in [0.717, 1.165) is 21.4 Å². The highest BCUT2D eigenvalue weighted by molar-refractivity contribution is 6.00. The average Bonchev–Trinajstić information content (AvgIpc) is 2.43. The van der Waals surface area contributed by atoms with Crippen LogP contribution in [0.4, 0.5) is 0 Å². The third-order valence-corrected chi connectivity index (χ3v) is 3.39. The molecule has 0 saturated heterocycles. The SMILES string of the molecule is CC1Oc2c(ccc3ccccc23)C(=O)[NH+]1C.[O-][Cl+3]([O-])([O-])[O-]. The molecule has 22 heavy (non-hydrogen) atoms. The summed E-state index contributed by atoms with van der Waals surface area (Å²) in [6, 6.07) is 11.8. The highest BCUT2D eigenvalue weighted by Gasteiger charge is 2.34. The van der Waals surface area contributed by atoms with Crippen LogP contribution in [0.1, 0.15) is 17.3 Å². The normalized spacial score (nSPS) is 20.7. The standard InChI is InChI=1S/C14H13NO2.ClHO4/c1-9-15(2)14(16)12-8-7-10-5-3-4-6-11(10)13(12)17-9;2-1(3,4)5/h3-9H,1-2H3;(H,2,3,4,5).